The van der Waals surface area contributed by atoms with Crippen LogP contribution < -0.4 is 10.1 Å². The highest BCUT2D eigenvalue weighted by atomic mass is 16.5. The lowest BCUT2D eigenvalue weighted by molar-refractivity contribution is -0.128. The Kier molecular flexibility index (Phi) is 6.68. The zero-order chi connectivity index (χ0) is 15.8. The van der Waals surface area contributed by atoms with Crippen LogP contribution >= 0.6 is 0 Å². The van der Waals surface area contributed by atoms with Crippen molar-refractivity contribution in [2.24, 2.45) is 0 Å². The van der Waals surface area contributed by atoms with Gasteiger partial charge in [0.25, 0.3) is 0 Å². The van der Waals surface area contributed by atoms with Gasteiger partial charge in [-0.3, -0.25) is 4.79 Å². The number of benzene rings is 1. The topological polar surface area (TPSA) is 67.8 Å². The van der Waals surface area contributed by atoms with E-state index in [4.69, 9.17) is 9.47 Å². The van der Waals surface area contributed by atoms with Crippen LogP contribution in [-0.4, -0.2) is 37.4 Å². The van der Waals surface area contributed by atoms with Gasteiger partial charge in [0.05, 0.1) is 19.3 Å². The summed E-state index contributed by atoms with van der Waals surface area (Å²) >= 11 is 0. The van der Waals surface area contributed by atoms with Gasteiger partial charge in [-0.2, -0.15) is 0 Å². The van der Waals surface area contributed by atoms with E-state index in [1.807, 2.05) is 0 Å². The van der Waals surface area contributed by atoms with E-state index in [1.54, 1.807) is 31.4 Å². The molecule has 1 aromatic rings. The molecule has 1 aliphatic rings. The first-order valence-corrected chi connectivity index (χ1v) is 7.89. The average molecular weight is 307 g/mol. The number of amides is 1. The summed E-state index contributed by atoms with van der Waals surface area (Å²) in [6.45, 7) is 0.249. The normalized spacial score (nSPS) is 17.0. The van der Waals surface area contributed by atoms with E-state index < -0.39 is 6.10 Å². The molecule has 1 atom stereocenters. The van der Waals surface area contributed by atoms with E-state index in [0.29, 0.717) is 0 Å². The summed E-state index contributed by atoms with van der Waals surface area (Å²) in [5, 5.41) is 12.8. The fraction of sp³-hybridized carbons (Fsp3) is 0.588. The molecule has 0 heterocycles. The lowest BCUT2D eigenvalue weighted by atomic mass is 9.98. The first kappa shape index (κ1) is 16.8. The molecule has 0 spiro atoms. The predicted octanol–water partition coefficient (Wildman–Crippen LogP) is 2.19. The SMILES string of the molecule is COc1ccc(C(O)CNC(=O)COC2CCCCC2)cc1. The largest absolute Gasteiger partial charge is 0.497 e. The molecule has 5 nitrogen and oxygen atoms in total. The van der Waals surface area contributed by atoms with Gasteiger partial charge in [0, 0.05) is 6.54 Å². The minimum atomic E-state index is -0.732. The maximum absolute atomic E-state index is 11.8. The van der Waals surface area contributed by atoms with Crippen molar-refractivity contribution in [1.82, 2.24) is 5.32 Å². The number of rotatable bonds is 7. The summed E-state index contributed by atoms with van der Waals surface area (Å²) in [6, 6.07) is 7.14. The number of carbonyl (C=O) groups excluding carboxylic acids is 1. The molecule has 1 aliphatic carbocycles. The van der Waals surface area contributed by atoms with E-state index in [9.17, 15) is 9.90 Å². The third-order valence-electron chi connectivity index (χ3n) is 4.00. The van der Waals surface area contributed by atoms with Gasteiger partial charge in [-0.1, -0.05) is 31.4 Å². The Morgan fingerprint density at radius 2 is 1.95 bits per heavy atom. The van der Waals surface area contributed by atoms with Crippen LogP contribution in [0.3, 0.4) is 0 Å². The minimum absolute atomic E-state index is 0.0694. The van der Waals surface area contributed by atoms with E-state index in [2.05, 4.69) is 5.32 Å². The summed E-state index contributed by atoms with van der Waals surface area (Å²) in [5.41, 5.74) is 0.745. The summed E-state index contributed by atoms with van der Waals surface area (Å²) < 4.78 is 10.7. The van der Waals surface area contributed by atoms with Gasteiger partial charge in [0.15, 0.2) is 0 Å². The van der Waals surface area contributed by atoms with Crippen molar-refractivity contribution in [2.75, 3.05) is 20.3 Å². The van der Waals surface area contributed by atoms with E-state index in [-0.39, 0.29) is 25.2 Å². The van der Waals surface area contributed by atoms with Gasteiger partial charge in [0.2, 0.25) is 5.91 Å². The standard InChI is InChI=1S/C17H25NO4/c1-21-14-9-7-13(8-10-14)16(19)11-18-17(20)12-22-15-5-3-2-4-6-15/h7-10,15-16,19H,2-6,11-12H2,1H3,(H,18,20). The molecular formula is C17H25NO4. The molecule has 0 saturated heterocycles. The monoisotopic (exact) mass is 307 g/mol. The highest BCUT2D eigenvalue weighted by Gasteiger charge is 2.15. The van der Waals surface area contributed by atoms with Crippen molar-refractivity contribution in [2.45, 2.75) is 44.3 Å². The Bertz CT molecular complexity index is 454. The number of aliphatic hydroxyl groups excluding tert-OH is 1. The van der Waals surface area contributed by atoms with Gasteiger partial charge in [0.1, 0.15) is 12.4 Å². The summed E-state index contributed by atoms with van der Waals surface area (Å²) in [4.78, 5) is 11.8. The van der Waals surface area contributed by atoms with Crippen LogP contribution in [0.1, 0.15) is 43.8 Å². The smallest absolute Gasteiger partial charge is 0.246 e. The van der Waals surface area contributed by atoms with E-state index in [0.717, 1.165) is 24.2 Å². The fourth-order valence-electron chi connectivity index (χ4n) is 2.63. The molecule has 1 aromatic carbocycles. The Morgan fingerprint density at radius 3 is 2.59 bits per heavy atom. The molecule has 0 radical (unpaired) electrons. The van der Waals surface area contributed by atoms with Crippen LogP contribution in [0.2, 0.25) is 0 Å². The van der Waals surface area contributed by atoms with Crippen LogP contribution in [0.25, 0.3) is 0 Å². The molecule has 2 rings (SSSR count). The third kappa shape index (κ3) is 5.31. The van der Waals surface area contributed by atoms with Crippen LogP contribution in [0.15, 0.2) is 24.3 Å². The maximum atomic E-state index is 11.8. The van der Waals surface area contributed by atoms with Crippen LogP contribution in [0, 0.1) is 0 Å². The van der Waals surface area contributed by atoms with Gasteiger partial charge in [-0.25, -0.2) is 0 Å². The van der Waals surface area contributed by atoms with Crippen LogP contribution in [0.5, 0.6) is 5.75 Å². The second kappa shape index (κ2) is 8.76. The molecule has 1 saturated carbocycles. The van der Waals surface area contributed by atoms with E-state index >= 15 is 0 Å². The molecule has 0 aromatic heterocycles. The number of hydrogen-bond donors (Lipinski definition) is 2. The highest BCUT2D eigenvalue weighted by molar-refractivity contribution is 5.77. The van der Waals surface area contributed by atoms with Gasteiger partial charge in [-0.05, 0) is 30.5 Å². The molecule has 122 valence electrons. The number of aliphatic hydroxyl groups is 1. The van der Waals surface area contributed by atoms with Crippen molar-refractivity contribution in [3.05, 3.63) is 29.8 Å². The van der Waals surface area contributed by atoms with Gasteiger partial charge in [-0.15, -0.1) is 0 Å². The number of hydrogen-bond acceptors (Lipinski definition) is 4. The molecule has 2 N–H and O–H groups in total. The van der Waals surface area contributed by atoms with Crippen molar-refractivity contribution >= 4 is 5.91 Å². The quantitative estimate of drug-likeness (QED) is 0.810. The molecule has 1 fully saturated rings. The fourth-order valence-corrected chi connectivity index (χ4v) is 2.63. The second-order valence-electron chi connectivity index (χ2n) is 5.66. The van der Waals surface area contributed by atoms with Crippen LogP contribution in [0.4, 0.5) is 0 Å². The third-order valence-corrected chi connectivity index (χ3v) is 4.00. The Balaban J connectivity index is 1.68. The molecule has 0 bridgehead atoms. The lowest BCUT2D eigenvalue weighted by Crippen LogP contribution is -2.33. The van der Waals surface area contributed by atoms with Crippen molar-refractivity contribution < 1.29 is 19.4 Å². The number of methoxy groups -OCH3 is 1. The Morgan fingerprint density at radius 1 is 1.27 bits per heavy atom. The average Bonchev–Trinajstić information content (AvgIpc) is 2.58. The number of carbonyl (C=O) groups is 1. The molecule has 1 amide bonds. The molecule has 1 unspecified atom stereocenters. The summed E-state index contributed by atoms with van der Waals surface area (Å²) in [7, 11) is 1.60. The predicted molar refractivity (Wildman–Crippen MR) is 83.8 cm³/mol. The Hall–Kier alpha value is -1.59. The van der Waals surface area contributed by atoms with Crippen molar-refractivity contribution in [3.8, 4) is 5.75 Å². The van der Waals surface area contributed by atoms with E-state index in [1.165, 1.54) is 19.3 Å². The first-order valence-electron chi connectivity index (χ1n) is 7.89. The van der Waals surface area contributed by atoms with Gasteiger partial charge < -0.3 is 19.9 Å². The van der Waals surface area contributed by atoms with Gasteiger partial charge >= 0.3 is 0 Å². The zero-order valence-corrected chi connectivity index (χ0v) is 13.1. The molecule has 5 heteroatoms. The van der Waals surface area contributed by atoms with Crippen LogP contribution in [-0.2, 0) is 9.53 Å². The number of ether oxygens (including phenoxy) is 2. The molecule has 22 heavy (non-hydrogen) atoms. The zero-order valence-electron chi connectivity index (χ0n) is 13.1. The van der Waals surface area contributed by atoms with Crippen molar-refractivity contribution in [3.63, 3.8) is 0 Å². The highest BCUT2D eigenvalue weighted by Crippen LogP contribution is 2.20. The summed E-state index contributed by atoms with van der Waals surface area (Å²) in [6.07, 6.45) is 5.20. The van der Waals surface area contributed by atoms with Crippen molar-refractivity contribution in [1.29, 1.82) is 0 Å². The molecule has 0 aliphatic heterocycles. The summed E-state index contributed by atoms with van der Waals surface area (Å²) in [5.74, 6) is 0.555. The Labute approximate surface area is 131 Å². The molecular weight excluding hydrogens is 282 g/mol. The lowest BCUT2D eigenvalue weighted by Gasteiger charge is -2.21. The maximum Gasteiger partial charge on any atom is 0.246 e. The first-order chi connectivity index (χ1) is 10.7. The second-order valence-corrected chi connectivity index (χ2v) is 5.66. The minimum Gasteiger partial charge on any atom is -0.497 e. The number of nitrogens with one attached hydrogen (secondary N) is 1.